The van der Waals surface area contributed by atoms with Crippen molar-refractivity contribution in [2.24, 2.45) is 0 Å². The molecule has 112 valence electrons. The predicted octanol–water partition coefficient (Wildman–Crippen LogP) is 4.09. The van der Waals surface area contributed by atoms with Crippen LogP contribution in [0.15, 0.2) is 56.7 Å². The molecule has 0 spiro atoms. The zero-order valence-corrected chi connectivity index (χ0v) is 12.3. The topological polar surface area (TPSA) is 95.2 Å². The lowest BCUT2D eigenvalue weighted by Crippen LogP contribution is -1.92. The quantitative estimate of drug-likeness (QED) is 0.397. The fourth-order valence-corrected chi connectivity index (χ4v) is 2.67. The van der Waals surface area contributed by atoms with Crippen LogP contribution in [0.4, 0.5) is 5.69 Å². The molecule has 0 aliphatic rings. The molecule has 0 unspecified atom stereocenters. The van der Waals surface area contributed by atoms with Crippen molar-refractivity contribution < 1.29 is 13.8 Å². The fourth-order valence-electron chi connectivity index (χ4n) is 1.87. The largest absolute Gasteiger partial charge is 0.459 e. The third kappa shape index (κ3) is 3.01. The molecule has 0 aliphatic carbocycles. The van der Waals surface area contributed by atoms with Crippen LogP contribution in [-0.2, 0) is 0 Å². The molecular weight excluding hydrogens is 306 g/mol. The number of hydrogen-bond acceptors (Lipinski definition) is 7. The molecule has 8 heteroatoms. The molecule has 0 amide bonds. The summed E-state index contributed by atoms with van der Waals surface area (Å²) in [6, 6.07) is 9.95. The second-order valence-corrected chi connectivity index (χ2v) is 5.75. The standard InChI is InChI=1S/C14H11N3O4S/c1-9(10-4-2-5-11(8-10)17(18)19)22-14-16-15-13(21-14)12-6-3-7-20-12/h2-9H,1H3/t9-/m0/s1. The summed E-state index contributed by atoms with van der Waals surface area (Å²) < 4.78 is 10.7. The number of thioether (sulfide) groups is 1. The van der Waals surface area contributed by atoms with Gasteiger partial charge in [0, 0.05) is 17.4 Å². The van der Waals surface area contributed by atoms with E-state index in [-0.39, 0.29) is 10.9 Å². The molecule has 2 aromatic heterocycles. The summed E-state index contributed by atoms with van der Waals surface area (Å²) in [4.78, 5) is 10.4. The van der Waals surface area contributed by atoms with Crippen molar-refractivity contribution in [3.8, 4) is 11.7 Å². The van der Waals surface area contributed by atoms with Gasteiger partial charge < -0.3 is 8.83 Å². The monoisotopic (exact) mass is 317 g/mol. The summed E-state index contributed by atoms with van der Waals surface area (Å²) in [7, 11) is 0. The zero-order valence-electron chi connectivity index (χ0n) is 11.5. The summed E-state index contributed by atoms with van der Waals surface area (Å²) in [6.45, 7) is 1.92. The van der Waals surface area contributed by atoms with Gasteiger partial charge in [0.25, 0.3) is 16.8 Å². The van der Waals surface area contributed by atoms with E-state index in [1.807, 2.05) is 13.0 Å². The number of nitrogens with zero attached hydrogens (tertiary/aromatic N) is 3. The van der Waals surface area contributed by atoms with Crippen molar-refractivity contribution in [2.45, 2.75) is 17.4 Å². The SMILES string of the molecule is C[C@H](Sc1nnc(-c2ccco2)o1)c1cccc([N+](=O)[O-])c1. The Morgan fingerprint density at radius 3 is 2.86 bits per heavy atom. The minimum atomic E-state index is -0.414. The van der Waals surface area contributed by atoms with E-state index in [9.17, 15) is 10.1 Å². The van der Waals surface area contributed by atoms with E-state index in [1.54, 1.807) is 24.3 Å². The highest BCUT2D eigenvalue weighted by Crippen LogP contribution is 2.36. The van der Waals surface area contributed by atoms with Gasteiger partial charge in [-0.2, -0.15) is 0 Å². The summed E-state index contributed by atoms with van der Waals surface area (Å²) in [5.74, 6) is 0.807. The van der Waals surface area contributed by atoms with Crippen molar-refractivity contribution in [3.05, 3.63) is 58.3 Å². The van der Waals surface area contributed by atoms with Gasteiger partial charge in [0.2, 0.25) is 0 Å². The van der Waals surface area contributed by atoms with Gasteiger partial charge >= 0.3 is 0 Å². The predicted molar refractivity (Wildman–Crippen MR) is 79.4 cm³/mol. The first-order valence-electron chi connectivity index (χ1n) is 6.42. The smallest absolute Gasteiger partial charge is 0.284 e. The summed E-state index contributed by atoms with van der Waals surface area (Å²) in [5, 5.41) is 19.0. The van der Waals surface area contributed by atoms with Crippen LogP contribution in [0.3, 0.4) is 0 Å². The lowest BCUT2D eigenvalue weighted by Gasteiger charge is -2.07. The van der Waals surface area contributed by atoms with E-state index in [2.05, 4.69) is 10.2 Å². The van der Waals surface area contributed by atoms with Crippen LogP contribution in [0.1, 0.15) is 17.7 Å². The number of non-ortho nitro benzene ring substituents is 1. The van der Waals surface area contributed by atoms with Gasteiger partial charge in [0.15, 0.2) is 5.76 Å². The van der Waals surface area contributed by atoms with Crippen LogP contribution in [0.2, 0.25) is 0 Å². The molecule has 3 aromatic rings. The Morgan fingerprint density at radius 1 is 1.27 bits per heavy atom. The van der Waals surface area contributed by atoms with Crippen LogP contribution in [0, 0.1) is 10.1 Å². The number of rotatable bonds is 5. The maximum Gasteiger partial charge on any atom is 0.284 e. The minimum Gasteiger partial charge on any atom is -0.459 e. The molecule has 3 rings (SSSR count). The van der Waals surface area contributed by atoms with Crippen molar-refractivity contribution >= 4 is 17.4 Å². The van der Waals surface area contributed by atoms with Crippen LogP contribution in [-0.4, -0.2) is 15.1 Å². The molecule has 0 fully saturated rings. The Hall–Kier alpha value is -2.61. The molecule has 1 atom stereocenters. The molecular formula is C14H11N3O4S. The van der Waals surface area contributed by atoms with Crippen LogP contribution in [0.5, 0.6) is 0 Å². The van der Waals surface area contributed by atoms with Gasteiger partial charge in [-0.05, 0) is 24.6 Å². The number of aromatic nitrogens is 2. The lowest BCUT2D eigenvalue weighted by molar-refractivity contribution is -0.384. The number of furan rings is 1. The van der Waals surface area contributed by atoms with Gasteiger partial charge in [-0.1, -0.05) is 23.9 Å². The molecule has 2 heterocycles. The summed E-state index contributed by atoms with van der Waals surface area (Å²) >= 11 is 1.33. The van der Waals surface area contributed by atoms with Crippen molar-refractivity contribution in [3.63, 3.8) is 0 Å². The Morgan fingerprint density at radius 2 is 2.14 bits per heavy atom. The first-order valence-corrected chi connectivity index (χ1v) is 7.30. The van der Waals surface area contributed by atoms with E-state index in [4.69, 9.17) is 8.83 Å². The second-order valence-electron chi connectivity index (χ2n) is 4.46. The van der Waals surface area contributed by atoms with Gasteiger partial charge in [-0.15, -0.1) is 10.2 Å². The Kier molecular flexibility index (Phi) is 3.92. The number of nitro groups is 1. The Balaban J connectivity index is 1.75. The number of benzene rings is 1. The number of hydrogen-bond donors (Lipinski definition) is 0. The van der Waals surface area contributed by atoms with Gasteiger partial charge in [-0.25, -0.2) is 0 Å². The fraction of sp³-hybridized carbons (Fsp3) is 0.143. The van der Waals surface area contributed by atoms with Gasteiger partial charge in [-0.3, -0.25) is 10.1 Å². The highest BCUT2D eigenvalue weighted by Gasteiger charge is 2.17. The molecule has 0 saturated heterocycles. The van der Waals surface area contributed by atoms with Gasteiger partial charge in [0.05, 0.1) is 11.2 Å². The molecule has 0 N–H and O–H groups in total. The first-order chi connectivity index (χ1) is 10.6. The molecule has 7 nitrogen and oxygen atoms in total. The Bertz CT molecular complexity index is 785. The van der Waals surface area contributed by atoms with E-state index in [0.29, 0.717) is 16.9 Å². The average Bonchev–Trinajstić information content (AvgIpc) is 3.18. The molecule has 1 aromatic carbocycles. The third-order valence-electron chi connectivity index (χ3n) is 2.97. The molecule has 0 bridgehead atoms. The van der Waals surface area contributed by atoms with Crippen molar-refractivity contribution in [1.29, 1.82) is 0 Å². The second kappa shape index (κ2) is 6.02. The maximum absolute atomic E-state index is 10.8. The molecule has 0 aliphatic heterocycles. The van der Waals surface area contributed by atoms with Gasteiger partial charge in [0.1, 0.15) is 0 Å². The maximum atomic E-state index is 10.8. The molecule has 0 radical (unpaired) electrons. The van der Waals surface area contributed by atoms with Crippen molar-refractivity contribution in [2.75, 3.05) is 0 Å². The summed E-state index contributed by atoms with van der Waals surface area (Å²) in [5.41, 5.74) is 0.878. The molecule has 22 heavy (non-hydrogen) atoms. The average molecular weight is 317 g/mol. The van der Waals surface area contributed by atoms with Crippen LogP contribution >= 0.6 is 11.8 Å². The minimum absolute atomic E-state index is 0.0618. The van der Waals surface area contributed by atoms with Crippen LogP contribution < -0.4 is 0 Å². The number of nitro benzene ring substituents is 1. The summed E-state index contributed by atoms with van der Waals surface area (Å²) in [6.07, 6.45) is 1.53. The van der Waals surface area contributed by atoms with E-state index in [0.717, 1.165) is 5.56 Å². The normalized spacial score (nSPS) is 12.2. The highest BCUT2D eigenvalue weighted by molar-refractivity contribution is 7.99. The van der Waals surface area contributed by atoms with E-state index in [1.165, 1.54) is 24.1 Å². The van der Waals surface area contributed by atoms with Crippen molar-refractivity contribution in [1.82, 2.24) is 10.2 Å². The van der Waals surface area contributed by atoms with E-state index < -0.39 is 4.92 Å². The zero-order chi connectivity index (χ0) is 15.5. The molecule has 0 saturated carbocycles. The van der Waals surface area contributed by atoms with Crippen LogP contribution in [0.25, 0.3) is 11.7 Å². The lowest BCUT2D eigenvalue weighted by atomic mass is 10.1. The highest BCUT2D eigenvalue weighted by atomic mass is 32.2. The van der Waals surface area contributed by atoms with E-state index >= 15 is 0 Å². The Labute approximate surface area is 129 Å². The first kappa shape index (κ1) is 14.3. The third-order valence-corrected chi connectivity index (χ3v) is 3.96.